The van der Waals surface area contributed by atoms with Gasteiger partial charge in [0.1, 0.15) is 9.79 Å². The van der Waals surface area contributed by atoms with Crippen LogP contribution in [0.3, 0.4) is 0 Å². The van der Waals surface area contributed by atoms with Crippen molar-refractivity contribution in [2.45, 2.75) is 9.79 Å². The lowest BCUT2D eigenvalue weighted by Gasteiger charge is -2.07. The number of benzene rings is 2. The van der Waals surface area contributed by atoms with Gasteiger partial charge in [0.15, 0.2) is 0 Å². The highest BCUT2D eigenvalue weighted by Crippen LogP contribution is 2.28. The van der Waals surface area contributed by atoms with Crippen LogP contribution in [0.2, 0.25) is 0 Å². The topological polar surface area (TPSA) is 104 Å². The maximum absolute atomic E-state index is 12.6. The predicted octanol–water partition coefficient (Wildman–Crippen LogP) is 5.95. The van der Waals surface area contributed by atoms with Crippen molar-refractivity contribution < 1.29 is 16.8 Å². The van der Waals surface area contributed by atoms with E-state index in [-0.39, 0.29) is 9.79 Å². The van der Waals surface area contributed by atoms with E-state index in [9.17, 15) is 16.8 Å². The lowest BCUT2D eigenvalue weighted by molar-refractivity contribution is 0.587. The van der Waals surface area contributed by atoms with Crippen molar-refractivity contribution in [2.75, 3.05) is 0 Å². The Labute approximate surface area is 234 Å². The largest absolute Gasteiger partial charge is 0.269 e. The second-order valence-corrected chi connectivity index (χ2v) is 12.8. The second-order valence-electron chi connectivity index (χ2n) is 8.27. The Balaban J connectivity index is 0.000000158. The van der Waals surface area contributed by atoms with E-state index in [0.29, 0.717) is 11.0 Å². The molecular formula is C28H21BrN4O4S2. The molecule has 2 aromatic carbocycles. The Morgan fingerprint density at radius 2 is 1.18 bits per heavy atom. The normalized spacial score (nSPS) is 11.7. The Kier molecular flexibility index (Phi) is 7.21. The summed E-state index contributed by atoms with van der Waals surface area (Å²) in [5, 5.41) is 1.71. The highest BCUT2D eigenvalue weighted by molar-refractivity contribution is 9.10. The molecule has 0 aliphatic heterocycles. The first-order valence-corrected chi connectivity index (χ1v) is 15.2. The molecule has 4 aromatic heterocycles. The van der Waals surface area contributed by atoms with Crippen LogP contribution in [-0.2, 0) is 20.0 Å². The molecule has 0 unspecified atom stereocenters. The van der Waals surface area contributed by atoms with Gasteiger partial charge in [-0.05, 0) is 60.2 Å². The monoisotopic (exact) mass is 620 g/mol. The molecule has 196 valence electrons. The lowest BCUT2D eigenvalue weighted by atomic mass is 10.1. The van der Waals surface area contributed by atoms with Crippen LogP contribution in [0, 0.1) is 0 Å². The van der Waals surface area contributed by atoms with Crippen molar-refractivity contribution in [2.24, 2.45) is 0 Å². The Morgan fingerprint density at radius 1 is 0.667 bits per heavy atom. The molecule has 0 aliphatic rings. The molecule has 0 fully saturated rings. The van der Waals surface area contributed by atoms with Gasteiger partial charge >= 0.3 is 0 Å². The Hall–Kier alpha value is -4.06. The van der Waals surface area contributed by atoms with Crippen LogP contribution in [0.15, 0.2) is 131 Å². The van der Waals surface area contributed by atoms with Gasteiger partial charge in [-0.3, -0.25) is 9.97 Å². The number of rotatable bonds is 5. The molecule has 39 heavy (non-hydrogen) atoms. The number of halogens is 1. The molecule has 0 saturated heterocycles. The molecule has 0 amide bonds. The third-order valence-electron chi connectivity index (χ3n) is 5.98. The summed E-state index contributed by atoms with van der Waals surface area (Å²) in [4.78, 5) is 8.06. The quantitative estimate of drug-likeness (QED) is 0.236. The van der Waals surface area contributed by atoms with Crippen LogP contribution >= 0.6 is 15.9 Å². The molecular weight excluding hydrogens is 600 g/mol. The number of aromatic nitrogens is 4. The van der Waals surface area contributed by atoms with Crippen LogP contribution in [0.5, 0.6) is 0 Å². The Bertz CT molecular complexity index is 2020. The SMILES string of the molecule is C=Cc1cccc2c1ccn2S(=O)(=O)c1cccnc1.O=S(=O)(c1cccnc1)n1ccc2c(Br)cccc21. The zero-order valence-corrected chi connectivity index (χ0v) is 23.5. The summed E-state index contributed by atoms with van der Waals surface area (Å²) in [6.45, 7) is 3.74. The predicted molar refractivity (Wildman–Crippen MR) is 155 cm³/mol. The fourth-order valence-electron chi connectivity index (χ4n) is 4.10. The van der Waals surface area contributed by atoms with Gasteiger partial charge in [-0.25, -0.2) is 24.8 Å². The van der Waals surface area contributed by atoms with E-state index in [1.54, 1.807) is 67.3 Å². The van der Waals surface area contributed by atoms with E-state index in [1.807, 2.05) is 24.3 Å². The van der Waals surface area contributed by atoms with E-state index >= 15 is 0 Å². The van der Waals surface area contributed by atoms with Gasteiger partial charge < -0.3 is 0 Å². The average molecular weight is 622 g/mol. The first kappa shape index (κ1) is 26.5. The number of hydrogen-bond acceptors (Lipinski definition) is 6. The van der Waals surface area contributed by atoms with Crippen molar-refractivity contribution in [3.63, 3.8) is 0 Å². The van der Waals surface area contributed by atoms with Crippen LogP contribution < -0.4 is 0 Å². The summed E-state index contributed by atoms with van der Waals surface area (Å²) >= 11 is 3.41. The van der Waals surface area contributed by atoms with Crippen molar-refractivity contribution in [1.82, 2.24) is 17.9 Å². The number of nitrogens with zero attached hydrogens (tertiary/aromatic N) is 4. The zero-order valence-electron chi connectivity index (χ0n) is 20.3. The first-order chi connectivity index (χ1) is 18.7. The van der Waals surface area contributed by atoms with Crippen LogP contribution in [-0.4, -0.2) is 34.7 Å². The van der Waals surface area contributed by atoms with E-state index in [4.69, 9.17) is 0 Å². The van der Waals surface area contributed by atoms with E-state index in [2.05, 4.69) is 32.5 Å². The number of hydrogen-bond donors (Lipinski definition) is 0. The van der Waals surface area contributed by atoms with Gasteiger partial charge in [-0.1, -0.05) is 46.8 Å². The summed E-state index contributed by atoms with van der Waals surface area (Å²) in [5.41, 5.74) is 2.17. The second kappa shape index (κ2) is 10.6. The average Bonchev–Trinajstić information content (AvgIpc) is 3.61. The van der Waals surface area contributed by atoms with Gasteiger partial charge in [-0.2, -0.15) is 0 Å². The number of fused-ring (bicyclic) bond motifs is 2. The molecule has 6 rings (SSSR count). The van der Waals surface area contributed by atoms with Crippen LogP contribution in [0.4, 0.5) is 0 Å². The summed E-state index contributed by atoms with van der Waals surface area (Å²) in [7, 11) is -7.23. The van der Waals surface area contributed by atoms with Crippen LogP contribution in [0.1, 0.15) is 5.56 Å². The van der Waals surface area contributed by atoms with Gasteiger partial charge in [0.25, 0.3) is 20.0 Å². The molecule has 0 spiro atoms. The van der Waals surface area contributed by atoms with Crippen molar-refractivity contribution in [3.8, 4) is 0 Å². The van der Waals surface area contributed by atoms with E-state index in [0.717, 1.165) is 20.8 Å². The minimum Gasteiger partial charge on any atom is -0.263 e. The zero-order chi connectivity index (χ0) is 27.6. The molecule has 0 radical (unpaired) electrons. The van der Waals surface area contributed by atoms with Gasteiger partial charge in [-0.15, -0.1) is 0 Å². The summed E-state index contributed by atoms with van der Waals surface area (Å²) in [5.74, 6) is 0. The standard InChI is InChI=1S/C15H12N2O2S.C13H9BrN2O2S/c1-2-12-5-3-7-15-14(12)8-10-17(15)20(18,19)13-6-4-9-16-11-13;14-12-4-1-5-13-11(12)6-8-16(13)19(17,18)10-3-2-7-15-9-10/h2-11H,1H2;1-9H. The summed E-state index contributed by atoms with van der Waals surface area (Å²) in [6.07, 6.45) is 10.6. The van der Waals surface area contributed by atoms with Gasteiger partial charge in [0.2, 0.25) is 0 Å². The minimum atomic E-state index is -3.63. The molecule has 6 aromatic rings. The maximum Gasteiger partial charge on any atom is 0.269 e. The highest BCUT2D eigenvalue weighted by Gasteiger charge is 2.20. The molecule has 0 saturated carbocycles. The molecule has 0 N–H and O–H groups in total. The molecule has 11 heteroatoms. The van der Waals surface area contributed by atoms with E-state index in [1.165, 1.54) is 32.5 Å². The minimum absolute atomic E-state index is 0.168. The highest BCUT2D eigenvalue weighted by atomic mass is 79.9. The fraction of sp³-hybridized carbons (Fsp3) is 0. The van der Waals surface area contributed by atoms with Crippen molar-refractivity contribution in [1.29, 1.82) is 0 Å². The lowest BCUT2D eigenvalue weighted by Crippen LogP contribution is -2.11. The fourth-order valence-corrected chi connectivity index (χ4v) is 7.21. The van der Waals surface area contributed by atoms with Gasteiger partial charge in [0, 0.05) is 52.4 Å². The van der Waals surface area contributed by atoms with Gasteiger partial charge in [0.05, 0.1) is 11.0 Å². The molecule has 0 aliphatic carbocycles. The molecule has 0 atom stereocenters. The van der Waals surface area contributed by atoms with E-state index < -0.39 is 20.0 Å². The third kappa shape index (κ3) is 4.91. The van der Waals surface area contributed by atoms with Crippen molar-refractivity contribution in [3.05, 3.63) is 127 Å². The Morgan fingerprint density at radius 3 is 1.69 bits per heavy atom. The third-order valence-corrected chi connectivity index (χ3v) is 10.0. The number of pyridine rings is 2. The molecule has 4 heterocycles. The molecule has 8 nitrogen and oxygen atoms in total. The summed E-state index contributed by atoms with van der Waals surface area (Å²) in [6, 6.07) is 20.8. The van der Waals surface area contributed by atoms with Crippen molar-refractivity contribution >= 4 is 63.9 Å². The summed E-state index contributed by atoms with van der Waals surface area (Å²) < 4.78 is 53.7. The van der Waals surface area contributed by atoms with Crippen LogP contribution in [0.25, 0.3) is 27.9 Å². The molecule has 0 bridgehead atoms. The first-order valence-electron chi connectivity index (χ1n) is 11.5. The maximum atomic E-state index is 12.6. The smallest absolute Gasteiger partial charge is 0.263 e.